The first kappa shape index (κ1) is 15.3. The zero-order valence-corrected chi connectivity index (χ0v) is 13.9. The largest absolute Gasteiger partial charge is 0.336 e. The van der Waals surface area contributed by atoms with Crippen molar-refractivity contribution < 1.29 is 0 Å². The van der Waals surface area contributed by atoms with Gasteiger partial charge in [0.1, 0.15) is 11.9 Å². The normalized spacial score (nSPS) is 12.8. The van der Waals surface area contributed by atoms with Crippen LogP contribution in [0.4, 0.5) is 0 Å². The number of nitrogens with one attached hydrogen (secondary N) is 1. The number of nitrogens with zero attached hydrogens (tertiary/aromatic N) is 4. The van der Waals surface area contributed by atoms with Crippen LogP contribution < -0.4 is 5.32 Å². The lowest BCUT2D eigenvalue weighted by molar-refractivity contribution is 0.488. The van der Waals surface area contributed by atoms with Crippen LogP contribution in [0.15, 0.2) is 23.1 Å². The second kappa shape index (κ2) is 7.04. The number of aromatic nitrogens is 4. The number of imidazole rings is 1. The molecular weight excluding hydrogens is 318 g/mol. The van der Waals surface area contributed by atoms with Gasteiger partial charge in [-0.1, -0.05) is 13.8 Å². The van der Waals surface area contributed by atoms with Crippen LogP contribution in [0.25, 0.3) is 0 Å². The molecule has 0 aliphatic heterocycles. The van der Waals surface area contributed by atoms with E-state index in [0.717, 1.165) is 41.9 Å². The molecule has 0 aromatic carbocycles. The van der Waals surface area contributed by atoms with Crippen molar-refractivity contribution in [2.45, 2.75) is 39.3 Å². The monoisotopic (exact) mass is 339 g/mol. The van der Waals surface area contributed by atoms with E-state index in [2.05, 4.69) is 54.4 Å². The SMILES string of the molecule is CCCNC(c1nccn1C)c1c(Br)cnn1CCC. The highest BCUT2D eigenvalue weighted by Gasteiger charge is 2.24. The van der Waals surface area contributed by atoms with Gasteiger partial charge in [-0.3, -0.25) is 4.68 Å². The summed E-state index contributed by atoms with van der Waals surface area (Å²) in [5.41, 5.74) is 1.15. The maximum Gasteiger partial charge on any atom is 0.131 e. The molecule has 2 aromatic heterocycles. The van der Waals surface area contributed by atoms with Gasteiger partial charge in [-0.15, -0.1) is 0 Å². The molecule has 0 aliphatic rings. The minimum Gasteiger partial charge on any atom is -0.336 e. The van der Waals surface area contributed by atoms with E-state index in [1.807, 2.05) is 25.6 Å². The highest BCUT2D eigenvalue weighted by atomic mass is 79.9. The van der Waals surface area contributed by atoms with Crippen molar-refractivity contribution in [3.63, 3.8) is 0 Å². The quantitative estimate of drug-likeness (QED) is 0.843. The Kier molecular flexibility index (Phi) is 5.37. The summed E-state index contributed by atoms with van der Waals surface area (Å²) in [6.45, 7) is 6.19. The van der Waals surface area contributed by atoms with Crippen molar-refractivity contribution in [2.24, 2.45) is 7.05 Å². The molecule has 0 amide bonds. The van der Waals surface area contributed by atoms with Crippen LogP contribution in [0.3, 0.4) is 0 Å². The van der Waals surface area contributed by atoms with Gasteiger partial charge in [0.15, 0.2) is 0 Å². The van der Waals surface area contributed by atoms with E-state index in [9.17, 15) is 0 Å². The fraction of sp³-hybridized carbons (Fsp3) is 0.571. The van der Waals surface area contributed by atoms with Gasteiger partial charge in [0.05, 0.1) is 16.4 Å². The Bertz CT molecular complexity index is 546. The fourth-order valence-electron chi connectivity index (χ4n) is 2.30. The molecule has 0 fully saturated rings. The molecular formula is C14H22BrN5. The lowest BCUT2D eigenvalue weighted by Gasteiger charge is -2.20. The van der Waals surface area contributed by atoms with Crippen molar-refractivity contribution in [2.75, 3.05) is 6.54 Å². The molecule has 20 heavy (non-hydrogen) atoms. The third-order valence-corrected chi connectivity index (χ3v) is 3.87. The van der Waals surface area contributed by atoms with Crippen molar-refractivity contribution in [1.82, 2.24) is 24.6 Å². The lowest BCUT2D eigenvalue weighted by Crippen LogP contribution is -2.28. The molecule has 0 radical (unpaired) electrons. The Morgan fingerprint density at radius 1 is 1.35 bits per heavy atom. The highest BCUT2D eigenvalue weighted by Crippen LogP contribution is 2.27. The Hall–Kier alpha value is -1.14. The molecule has 2 heterocycles. The van der Waals surface area contributed by atoms with Crippen LogP contribution >= 0.6 is 15.9 Å². The summed E-state index contributed by atoms with van der Waals surface area (Å²) in [6, 6.07) is 0.0541. The van der Waals surface area contributed by atoms with Gasteiger partial charge < -0.3 is 9.88 Å². The molecule has 0 bridgehead atoms. The minimum atomic E-state index is 0.0541. The number of rotatable bonds is 7. The smallest absolute Gasteiger partial charge is 0.131 e. The molecule has 0 saturated heterocycles. The number of hydrogen-bond donors (Lipinski definition) is 1. The predicted octanol–water partition coefficient (Wildman–Crippen LogP) is 2.88. The predicted molar refractivity (Wildman–Crippen MR) is 83.6 cm³/mol. The first-order valence-corrected chi connectivity index (χ1v) is 7.90. The standard InChI is InChI=1S/C14H22BrN5/c1-4-6-16-12(14-17-7-9-19(14)3)13-11(15)10-18-20(13)8-5-2/h7,9-10,12,16H,4-6,8H2,1-3H3. The molecule has 2 rings (SSSR count). The summed E-state index contributed by atoms with van der Waals surface area (Å²) in [5.74, 6) is 1.01. The minimum absolute atomic E-state index is 0.0541. The zero-order chi connectivity index (χ0) is 14.5. The third kappa shape index (κ3) is 3.12. The van der Waals surface area contributed by atoms with Crippen LogP contribution in [0.2, 0.25) is 0 Å². The molecule has 1 N–H and O–H groups in total. The molecule has 1 unspecified atom stereocenters. The van der Waals surface area contributed by atoms with E-state index in [1.165, 1.54) is 0 Å². The number of hydrogen-bond acceptors (Lipinski definition) is 3. The van der Waals surface area contributed by atoms with E-state index in [1.54, 1.807) is 0 Å². The average molecular weight is 340 g/mol. The van der Waals surface area contributed by atoms with Gasteiger partial charge in [0.2, 0.25) is 0 Å². The maximum absolute atomic E-state index is 4.51. The van der Waals surface area contributed by atoms with Gasteiger partial charge in [-0.05, 0) is 35.3 Å². The second-order valence-corrected chi connectivity index (χ2v) is 5.74. The Balaban J connectivity index is 2.41. The van der Waals surface area contributed by atoms with Crippen LogP contribution in [-0.2, 0) is 13.6 Å². The first-order valence-electron chi connectivity index (χ1n) is 7.10. The van der Waals surface area contributed by atoms with Crippen LogP contribution in [0, 0.1) is 0 Å². The van der Waals surface area contributed by atoms with Gasteiger partial charge in [-0.25, -0.2) is 4.98 Å². The summed E-state index contributed by atoms with van der Waals surface area (Å²) in [4.78, 5) is 4.51. The van der Waals surface area contributed by atoms with Crippen molar-refractivity contribution in [3.05, 3.63) is 34.6 Å². The molecule has 0 aliphatic carbocycles. The average Bonchev–Trinajstić information content (AvgIpc) is 3.00. The fourth-order valence-corrected chi connectivity index (χ4v) is 2.83. The topological polar surface area (TPSA) is 47.7 Å². The molecule has 0 saturated carbocycles. The van der Waals surface area contributed by atoms with Crippen molar-refractivity contribution >= 4 is 15.9 Å². The molecule has 6 heteroatoms. The van der Waals surface area contributed by atoms with Crippen LogP contribution in [-0.4, -0.2) is 25.9 Å². The Labute approximate surface area is 128 Å². The molecule has 110 valence electrons. The van der Waals surface area contributed by atoms with E-state index < -0.39 is 0 Å². The molecule has 1 atom stereocenters. The number of halogens is 1. The third-order valence-electron chi connectivity index (χ3n) is 3.26. The van der Waals surface area contributed by atoms with Gasteiger partial charge in [0.25, 0.3) is 0 Å². The van der Waals surface area contributed by atoms with Gasteiger partial charge in [-0.2, -0.15) is 5.10 Å². The van der Waals surface area contributed by atoms with Crippen molar-refractivity contribution in [1.29, 1.82) is 0 Å². The Morgan fingerprint density at radius 3 is 2.75 bits per heavy atom. The molecule has 5 nitrogen and oxygen atoms in total. The van der Waals surface area contributed by atoms with Crippen LogP contribution in [0.5, 0.6) is 0 Å². The molecule has 0 spiro atoms. The molecule has 2 aromatic rings. The van der Waals surface area contributed by atoms with Crippen LogP contribution in [0.1, 0.15) is 44.2 Å². The van der Waals surface area contributed by atoms with E-state index in [-0.39, 0.29) is 6.04 Å². The summed E-state index contributed by atoms with van der Waals surface area (Å²) >= 11 is 3.63. The number of aryl methyl sites for hydroxylation is 2. The van der Waals surface area contributed by atoms with E-state index in [0.29, 0.717) is 0 Å². The van der Waals surface area contributed by atoms with Crippen molar-refractivity contribution in [3.8, 4) is 0 Å². The Morgan fingerprint density at radius 2 is 2.15 bits per heavy atom. The summed E-state index contributed by atoms with van der Waals surface area (Å²) in [5, 5.41) is 8.05. The first-order chi connectivity index (χ1) is 9.69. The zero-order valence-electron chi connectivity index (χ0n) is 12.3. The summed E-state index contributed by atoms with van der Waals surface area (Å²) < 4.78 is 5.15. The maximum atomic E-state index is 4.51. The lowest BCUT2D eigenvalue weighted by atomic mass is 10.1. The summed E-state index contributed by atoms with van der Waals surface area (Å²) in [7, 11) is 2.03. The van der Waals surface area contributed by atoms with E-state index >= 15 is 0 Å². The second-order valence-electron chi connectivity index (χ2n) is 4.88. The summed E-state index contributed by atoms with van der Waals surface area (Å²) in [6.07, 6.45) is 7.83. The van der Waals surface area contributed by atoms with Gasteiger partial charge in [0, 0.05) is 26.0 Å². The van der Waals surface area contributed by atoms with Gasteiger partial charge >= 0.3 is 0 Å². The highest BCUT2D eigenvalue weighted by molar-refractivity contribution is 9.10. The van der Waals surface area contributed by atoms with E-state index in [4.69, 9.17) is 0 Å².